The van der Waals surface area contributed by atoms with Crippen molar-refractivity contribution in [1.29, 1.82) is 0 Å². The summed E-state index contributed by atoms with van der Waals surface area (Å²) >= 11 is 0. The van der Waals surface area contributed by atoms with Gasteiger partial charge in [-0.3, -0.25) is 9.78 Å². The number of carbonyl (C=O) groups excluding carboxylic acids is 1. The number of nitrogens with two attached hydrogens (primary N) is 1. The molecule has 1 fully saturated rings. The molecule has 0 spiro atoms. The lowest BCUT2D eigenvalue weighted by molar-refractivity contribution is -0.146. The smallest absolute Gasteiger partial charge is 0.366 e. The highest BCUT2D eigenvalue weighted by molar-refractivity contribution is 6.19. The number of likely N-dealkylation sites (tertiary alicyclic amines) is 1. The van der Waals surface area contributed by atoms with Gasteiger partial charge in [0, 0.05) is 30.4 Å². The number of hydrogen-bond acceptors (Lipinski definition) is 7. The molecule has 1 amide bonds. The summed E-state index contributed by atoms with van der Waals surface area (Å²) in [5.74, 6) is -6.14. The van der Waals surface area contributed by atoms with Gasteiger partial charge in [0.1, 0.15) is 6.33 Å². The fourth-order valence-electron chi connectivity index (χ4n) is 3.04. The molecule has 0 aromatic carbocycles. The maximum absolute atomic E-state index is 13.7. The molecule has 3 aromatic heterocycles. The van der Waals surface area contributed by atoms with Gasteiger partial charge in [0.25, 0.3) is 11.8 Å². The fourth-order valence-corrected chi connectivity index (χ4v) is 3.04. The second-order valence-corrected chi connectivity index (χ2v) is 6.83. The molecule has 0 radical (unpaired) electrons. The van der Waals surface area contributed by atoms with Crippen LogP contribution in [0.3, 0.4) is 0 Å². The van der Waals surface area contributed by atoms with E-state index in [4.69, 9.17) is 5.73 Å². The van der Waals surface area contributed by atoms with E-state index in [0.29, 0.717) is 4.68 Å². The van der Waals surface area contributed by atoms with E-state index >= 15 is 0 Å². The van der Waals surface area contributed by atoms with Gasteiger partial charge in [-0.2, -0.15) is 17.9 Å². The molecule has 3 aromatic rings. The Balaban J connectivity index is 1.86. The van der Waals surface area contributed by atoms with E-state index in [1.54, 1.807) is 0 Å². The first-order valence-electron chi connectivity index (χ1n) is 8.94. The number of pyridine rings is 1. The Morgan fingerprint density at radius 3 is 2.44 bits per heavy atom. The predicted octanol–water partition coefficient (Wildman–Crippen LogP) is 1.92. The van der Waals surface area contributed by atoms with E-state index < -0.39 is 42.7 Å². The van der Waals surface area contributed by atoms with Crippen LogP contribution in [0.4, 0.5) is 22.0 Å². The average Bonchev–Trinajstić information content (AvgIpc) is 3.17. The summed E-state index contributed by atoms with van der Waals surface area (Å²) in [4.78, 5) is 28.1. The van der Waals surface area contributed by atoms with Crippen LogP contribution >= 0.6 is 0 Å². The lowest BCUT2D eigenvalue weighted by Gasteiger charge is -2.38. The van der Waals surface area contributed by atoms with Crippen LogP contribution in [0.5, 0.6) is 0 Å². The number of halogens is 5. The van der Waals surface area contributed by atoms with Crippen molar-refractivity contribution >= 4 is 11.5 Å². The maximum Gasteiger partial charge on any atom is 0.451 e. The van der Waals surface area contributed by atoms with E-state index in [0.717, 1.165) is 23.6 Å². The van der Waals surface area contributed by atoms with Crippen molar-refractivity contribution in [2.24, 2.45) is 5.73 Å². The van der Waals surface area contributed by atoms with Crippen molar-refractivity contribution in [3.63, 3.8) is 0 Å². The van der Waals surface area contributed by atoms with Gasteiger partial charge < -0.3 is 10.6 Å². The van der Waals surface area contributed by atoms with Gasteiger partial charge in [0.05, 0.1) is 24.2 Å². The third-order valence-electron chi connectivity index (χ3n) is 4.43. The number of alkyl halides is 5. The molecule has 1 saturated heterocycles. The summed E-state index contributed by atoms with van der Waals surface area (Å²) in [6.45, 7) is -1.34. The molecule has 0 bridgehead atoms. The first-order chi connectivity index (χ1) is 15.0. The van der Waals surface area contributed by atoms with Gasteiger partial charge in [-0.15, -0.1) is 5.10 Å². The first kappa shape index (κ1) is 21.3. The van der Waals surface area contributed by atoms with Crippen molar-refractivity contribution in [3.8, 4) is 17.2 Å². The largest absolute Gasteiger partial charge is 0.451 e. The minimum absolute atomic E-state index is 0.230. The zero-order valence-electron chi connectivity index (χ0n) is 16.0. The Kier molecular flexibility index (Phi) is 5.06. The van der Waals surface area contributed by atoms with Crippen molar-refractivity contribution < 1.29 is 26.7 Å². The molecule has 0 aliphatic carbocycles. The van der Waals surface area contributed by atoms with Gasteiger partial charge in [-0.25, -0.2) is 23.7 Å². The van der Waals surface area contributed by atoms with E-state index in [1.165, 1.54) is 24.5 Å². The topological polar surface area (TPSA) is 116 Å². The van der Waals surface area contributed by atoms with Gasteiger partial charge >= 0.3 is 6.18 Å². The predicted molar refractivity (Wildman–Crippen MR) is 98.9 cm³/mol. The zero-order valence-corrected chi connectivity index (χ0v) is 16.0. The van der Waals surface area contributed by atoms with Crippen molar-refractivity contribution in [3.05, 3.63) is 54.6 Å². The number of amides is 1. The average molecular weight is 452 g/mol. The summed E-state index contributed by atoms with van der Waals surface area (Å²) in [5.41, 5.74) is 5.05. The quantitative estimate of drug-likeness (QED) is 0.465. The van der Waals surface area contributed by atoms with Crippen LogP contribution in [-0.2, 0) is 11.0 Å². The number of nitrogens with zero attached hydrogens (tertiary/aromatic N) is 7. The summed E-state index contributed by atoms with van der Waals surface area (Å²) in [7, 11) is 0. The van der Waals surface area contributed by atoms with Gasteiger partial charge in [-0.1, -0.05) is 0 Å². The molecule has 0 atom stereocenters. The van der Waals surface area contributed by atoms with Crippen LogP contribution in [0.2, 0.25) is 0 Å². The van der Waals surface area contributed by atoms with Crippen LogP contribution in [0.15, 0.2) is 43.3 Å². The first-order valence-corrected chi connectivity index (χ1v) is 8.94. The van der Waals surface area contributed by atoms with Crippen LogP contribution in [0.1, 0.15) is 11.4 Å². The van der Waals surface area contributed by atoms with Crippen LogP contribution in [0.25, 0.3) is 22.8 Å². The zero-order chi connectivity index (χ0) is 23.1. The molecule has 32 heavy (non-hydrogen) atoms. The normalized spacial score (nSPS) is 16.0. The second kappa shape index (κ2) is 7.62. The molecule has 2 N–H and O–H groups in total. The molecule has 0 unspecified atom stereocenters. The summed E-state index contributed by atoms with van der Waals surface area (Å²) in [5, 5.41) is 3.91. The van der Waals surface area contributed by atoms with Gasteiger partial charge in [0.15, 0.2) is 11.6 Å². The minimum Gasteiger partial charge on any atom is -0.366 e. The summed E-state index contributed by atoms with van der Waals surface area (Å²) in [6.07, 6.45) is 0.812. The summed E-state index contributed by atoms with van der Waals surface area (Å²) < 4.78 is 68.0. The monoisotopic (exact) mass is 452 g/mol. The van der Waals surface area contributed by atoms with Crippen molar-refractivity contribution in [1.82, 2.24) is 34.6 Å². The van der Waals surface area contributed by atoms with Gasteiger partial charge in [0.2, 0.25) is 5.82 Å². The number of rotatable bonds is 5. The van der Waals surface area contributed by atoms with Crippen LogP contribution in [-0.4, -0.2) is 59.5 Å². The molecular weight excluding hydrogens is 439 g/mol. The number of carbonyl (C=O) groups is 1. The molecule has 4 heterocycles. The van der Waals surface area contributed by atoms with E-state index in [1.807, 2.05) is 0 Å². The Morgan fingerprint density at radius 2 is 1.84 bits per heavy atom. The number of hydrogen-bond donors (Lipinski definition) is 1. The highest BCUT2D eigenvalue weighted by Gasteiger charge is 2.43. The van der Waals surface area contributed by atoms with Crippen LogP contribution < -0.4 is 5.73 Å². The van der Waals surface area contributed by atoms with E-state index in [2.05, 4.69) is 25.0 Å². The highest BCUT2D eigenvalue weighted by atomic mass is 19.4. The molecule has 166 valence electrons. The third-order valence-corrected chi connectivity index (χ3v) is 4.43. The lowest BCUT2D eigenvalue weighted by atomic mass is 10.1. The third kappa shape index (κ3) is 4.10. The number of primary amides is 1. The molecule has 14 heteroatoms. The van der Waals surface area contributed by atoms with Crippen molar-refractivity contribution in [2.75, 3.05) is 13.1 Å². The van der Waals surface area contributed by atoms with Crippen molar-refractivity contribution in [2.45, 2.75) is 12.1 Å². The number of aromatic nitrogens is 6. The lowest BCUT2D eigenvalue weighted by Crippen LogP contribution is -2.53. The molecular formula is C18H13F5N8O. The fraction of sp³-hybridized carbons (Fsp3) is 0.222. The second-order valence-electron chi connectivity index (χ2n) is 6.83. The summed E-state index contributed by atoms with van der Waals surface area (Å²) in [6, 6.07) is 2.83. The molecule has 4 rings (SSSR count). The van der Waals surface area contributed by atoms with E-state index in [9.17, 15) is 26.7 Å². The standard InChI is InChI=1S/C18H13F5N8O/c19-17(20)7-30(8-17)6-12(13(24)32)11-5-26-9-27-15(11)31-16(18(21,22)23)28-14(29-31)10-1-3-25-4-2-10/h1-6,9H,7-8H2,(H2,24,32)/b12-6+. The molecule has 9 nitrogen and oxygen atoms in total. The Labute approximate surface area is 176 Å². The Bertz CT molecular complexity index is 1180. The minimum atomic E-state index is -4.93. The molecule has 1 aliphatic heterocycles. The highest BCUT2D eigenvalue weighted by Crippen LogP contribution is 2.33. The van der Waals surface area contributed by atoms with Gasteiger partial charge in [-0.05, 0) is 12.1 Å². The maximum atomic E-state index is 13.7. The molecule has 1 aliphatic rings. The Hall–Kier alpha value is -3.97. The van der Waals surface area contributed by atoms with Crippen LogP contribution in [0, 0.1) is 0 Å². The SMILES string of the molecule is NC(=O)/C(=C/N1CC(F)(F)C1)c1cncnc1-n1nc(-c2ccncc2)nc1C(F)(F)F. The van der Waals surface area contributed by atoms with E-state index in [-0.39, 0.29) is 22.5 Å². The Morgan fingerprint density at radius 1 is 1.16 bits per heavy atom. The molecule has 0 saturated carbocycles.